The van der Waals surface area contributed by atoms with E-state index in [-0.39, 0.29) is 11.9 Å². The van der Waals surface area contributed by atoms with Gasteiger partial charge in [-0.15, -0.1) is 0 Å². The summed E-state index contributed by atoms with van der Waals surface area (Å²) < 4.78 is 19.0. The summed E-state index contributed by atoms with van der Waals surface area (Å²) in [6.45, 7) is 3.08. The van der Waals surface area contributed by atoms with E-state index in [1.54, 1.807) is 6.92 Å². The molecule has 5 heteroatoms. The van der Waals surface area contributed by atoms with Crippen molar-refractivity contribution in [1.29, 1.82) is 0 Å². The van der Waals surface area contributed by atoms with Gasteiger partial charge in [-0.25, -0.2) is 4.39 Å². The summed E-state index contributed by atoms with van der Waals surface area (Å²) in [4.78, 5) is 2.00. The maximum absolute atomic E-state index is 13.9. The number of hydrogen-bond acceptors (Lipinski definition) is 4. The zero-order chi connectivity index (χ0) is 13.3. The van der Waals surface area contributed by atoms with Crippen molar-refractivity contribution in [3.8, 4) is 5.75 Å². The first-order chi connectivity index (χ1) is 8.56. The zero-order valence-electron chi connectivity index (χ0n) is 10.7. The van der Waals surface area contributed by atoms with E-state index in [1.165, 1.54) is 13.2 Å². The van der Waals surface area contributed by atoms with E-state index in [9.17, 15) is 9.50 Å². The second kappa shape index (κ2) is 5.22. The van der Waals surface area contributed by atoms with Crippen LogP contribution in [-0.2, 0) is 6.54 Å². The zero-order valence-corrected chi connectivity index (χ0v) is 10.7. The van der Waals surface area contributed by atoms with E-state index in [2.05, 4.69) is 0 Å². The lowest BCUT2D eigenvalue weighted by molar-refractivity contribution is 0.105. The fourth-order valence-corrected chi connectivity index (χ4v) is 2.53. The average Bonchev–Trinajstić information content (AvgIpc) is 2.66. The smallest absolute Gasteiger partial charge is 0.131 e. The summed E-state index contributed by atoms with van der Waals surface area (Å²) in [5, 5.41) is 9.47. The Morgan fingerprint density at radius 3 is 2.89 bits per heavy atom. The number of nitrogens with zero attached hydrogens (tertiary/aromatic N) is 1. The Morgan fingerprint density at radius 1 is 1.61 bits per heavy atom. The molecule has 0 aliphatic carbocycles. The maximum atomic E-state index is 13.9. The van der Waals surface area contributed by atoms with Crippen molar-refractivity contribution in [1.82, 2.24) is 4.90 Å². The first kappa shape index (κ1) is 13.3. The van der Waals surface area contributed by atoms with Crippen LogP contribution in [0, 0.1) is 5.82 Å². The SMILES string of the molecule is COc1cc(F)c2c(c1)C(CN)N(CC(C)O)C2. The summed E-state index contributed by atoms with van der Waals surface area (Å²) in [5.41, 5.74) is 7.30. The van der Waals surface area contributed by atoms with Gasteiger partial charge in [0.1, 0.15) is 11.6 Å². The van der Waals surface area contributed by atoms with Crippen LogP contribution in [-0.4, -0.2) is 36.3 Å². The molecule has 0 spiro atoms. The monoisotopic (exact) mass is 254 g/mol. The third-order valence-corrected chi connectivity index (χ3v) is 3.32. The lowest BCUT2D eigenvalue weighted by Crippen LogP contribution is -2.33. The normalized spacial score (nSPS) is 20.8. The number of aliphatic hydroxyl groups excluding tert-OH is 1. The molecule has 0 saturated carbocycles. The number of benzene rings is 1. The van der Waals surface area contributed by atoms with E-state index >= 15 is 0 Å². The van der Waals surface area contributed by atoms with Gasteiger partial charge in [-0.05, 0) is 18.6 Å². The van der Waals surface area contributed by atoms with Gasteiger partial charge in [0.25, 0.3) is 0 Å². The minimum Gasteiger partial charge on any atom is -0.497 e. The van der Waals surface area contributed by atoms with Crippen LogP contribution in [0.2, 0.25) is 0 Å². The van der Waals surface area contributed by atoms with Crippen molar-refractivity contribution in [3.63, 3.8) is 0 Å². The van der Waals surface area contributed by atoms with Gasteiger partial charge >= 0.3 is 0 Å². The fraction of sp³-hybridized carbons (Fsp3) is 0.538. The summed E-state index contributed by atoms with van der Waals surface area (Å²) in [5.74, 6) is 0.236. The Bertz CT molecular complexity index is 437. The molecule has 1 aliphatic rings. The van der Waals surface area contributed by atoms with Gasteiger partial charge in [0.15, 0.2) is 0 Å². The molecule has 2 rings (SSSR count). The Balaban J connectivity index is 2.35. The molecular formula is C13H19FN2O2. The highest BCUT2D eigenvalue weighted by Gasteiger charge is 2.32. The predicted octanol–water partition coefficient (Wildman–Crippen LogP) is 1.03. The molecule has 2 unspecified atom stereocenters. The largest absolute Gasteiger partial charge is 0.497 e. The third-order valence-electron chi connectivity index (χ3n) is 3.32. The Labute approximate surface area is 106 Å². The van der Waals surface area contributed by atoms with Crippen molar-refractivity contribution in [2.24, 2.45) is 5.73 Å². The third kappa shape index (κ3) is 2.34. The molecule has 0 radical (unpaired) electrons. The maximum Gasteiger partial charge on any atom is 0.131 e. The lowest BCUT2D eigenvalue weighted by atomic mass is 10.0. The van der Waals surface area contributed by atoms with E-state index in [1.807, 2.05) is 11.0 Å². The number of methoxy groups -OCH3 is 1. The first-order valence-electron chi connectivity index (χ1n) is 6.05. The molecule has 2 atom stereocenters. The molecule has 3 N–H and O–H groups in total. The molecule has 0 amide bonds. The van der Waals surface area contributed by atoms with Crippen molar-refractivity contribution in [2.45, 2.75) is 25.6 Å². The van der Waals surface area contributed by atoms with Crippen LogP contribution in [0.3, 0.4) is 0 Å². The minimum absolute atomic E-state index is 0.0563. The second-order valence-corrected chi connectivity index (χ2v) is 4.71. The highest BCUT2D eigenvalue weighted by atomic mass is 19.1. The van der Waals surface area contributed by atoms with Gasteiger partial charge in [-0.1, -0.05) is 0 Å². The molecule has 1 heterocycles. The fourth-order valence-electron chi connectivity index (χ4n) is 2.53. The second-order valence-electron chi connectivity index (χ2n) is 4.71. The standard InChI is InChI=1S/C13H19FN2O2/c1-8(17)6-16-7-11-10(13(16)5-15)3-9(18-2)4-12(11)14/h3-4,8,13,17H,5-7,15H2,1-2H3. The molecule has 0 bridgehead atoms. The lowest BCUT2D eigenvalue weighted by Gasteiger charge is -2.24. The average molecular weight is 254 g/mol. The predicted molar refractivity (Wildman–Crippen MR) is 66.8 cm³/mol. The molecule has 18 heavy (non-hydrogen) atoms. The van der Waals surface area contributed by atoms with Crippen molar-refractivity contribution in [2.75, 3.05) is 20.2 Å². The topological polar surface area (TPSA) is 58.7 Å². The number of rotatable bonds is 4. The minimum atomic E-state index is -0.460. The van der Waals surface area contributed by atoms with Crippen molar-refractivity contribution >= 4 is 0 Å². The summed E-state index contributed by atoms with van der Waals surface area (Å²) in [6, 6.07) is 3.16. The Kier molecular flexibility index (Phi) is 3.85. The molecule has 1 aromatic rings. The molecule has 100 valence electrons. The molecule has 0 saturated heterocycles. The molecular weight excluding hydrogens is 235 g/mol. The molecule has 1 aromatic carbocycles. The quantitative estimate of drug-likeness (QED) is 0.842. The van der Waals surface area contributed by atoms with Gasteiger partial charge in [-0.2, -0.15) is 0 Å². The first-order valence-corrected chi connectivity index (χ1v) is 6.05. The van der Waals surface area contributed by atoms with Crippen LogP contribution < -0.4 is 10.5 Å². The highest BCUT2D eigenvalue weighted by molar-refractivity contribution is 5.42. The molecule has 0 aromatic heterocycles. The number of halogens is 1. The van der Waals surface area contributed by atoms with Crippen LogP contribution in [0.4, 0.5) is 4.39 Å². The molecule has 4 nitrogen and oxygen atoms in total. The van der Waals surface area contributed by atoms with E-state index < -0.39 is 6.10 Å². The van der Waals surface area contributed by atoms with Crippen molar-refractivity contribution in [3.05, 3.63) is 29.1 Å². The summed E-state index contributed by atoms with van der Waals surface area (Å²) in [6.07, 6.45) is -0.460. The Morgan fingerprint density at radius 2 is 2.33 bits per heavy atom. The van der Waals surface area contributed by atoms with E-state index in [0.717, 1.165) is 5.56 Å². The summed E-state index contributed by atoms with van der Waals surface area (Å²) >= 11 is 0. The number of fused-ring (bicyclic) bond motifs is 1. The van der Waals surface area contributed by atoms with Crippen LogP contribution in [0.15, 0.2) is 12.1 Å². The number of ether oxygens (including phenoxy) is 1. The molecule has 1 aliphatic heterocycles. The highest BCUT2D eigenvalue weighted by Crippen LogP contribution is 2.37. The van der Waals surface area contributed by atoms with Crippen molar-refractivity contribution < 1.29 is 14.2 Å². The summed E-state index contributed by atoms with van der Waals surface area (Å²) in [7, 11) is 1.52. The van der Waals surface area contributed by atoms with Gasteiger partial charge in [0.2, 0.25) is 0 Å². The number of hydrogen-bond donors (Lipinski definition) is 2. The van der Waals surface area contributed by atoms with Gasteiger partial charge < -0.3 is 15.6 Å². The number of aliphatic hydroxyl groups is 1. The van der Waals surface area contributed by atoms with Gasteiger partial charge in [0, 0.05) is 37.3 Å². The van der Waals surface area contributed by atoms with E-state index in [0.29, 0.717) is 30.9 Å². The van der Waals surface area contributed by atoms with E-state index in [4.69, 9.17) is 10.5 Å². The number of β-amino-alcohol motifs (C(OH)–C–C–N with tert-alkyl or cyclic N) is 1. The van der Waals surface area contributed by atoms with Crippen LogP contribution in [0.1, 0.15) is 24.1 Å². The molecule has 0 fully saturated rings. The number of nitrogens with two attached hydrogens (primary N) is 1. The van der Waals surface area contributed by atoms with Crippen LogP contribution in [0.5, 0.6) is 5.75 Å². The van der Waals surface area contributed by atoms with Crippen LogP contribution in [0.25, 0.3) is 0 Å². The van der Waals surface area contributed by atoms with Gasteiger partial charge in [0.05, 0.1) is 13.2 Å². The Hall–Kier alpha value is -1.17. The van der Waals surface area contributed by atoms with Crippen LogP contribution >= 0.6 is 0 Å². The van der Waals surface area contributed by atoms with Gasteiger partial charge in [-0.3, -0.25) is 4.90 Å².